The lowest BCUT2D eigenvalue weighted by Crippen LogP contribution is -2.34. The van der Waals surface area contributed by atoms with Crippen molar-refractivity contribution in [3.8, 4) is 0 Å². The third-order valence-corrected chi connectivity index (χ3v) is 4.11. The van der Waals surface area contributed by atoms with Crippen molar-refractivity contribution in [2.24, 2.45) is 5.92 Å². The number of ether oxygens (including phenoxy) is 1. The van der Waals surface area contributed by atoms with Crippen molar-refractivity contribution in [1.29, 1.82) is 0 Å². The maximum atomic E-state index is 5.97. The summed E-state index contributed by atoms with van der Waals surface area (Å²) in [6, 6.07) is 8.74. The number of likely N-dealkylation sites (N-methyl/N-ethyl adjacent to an activating group) is 1. The van der Waals surface area contributed by atoms with Crippen molar-refractivity contribution in [2.75, 3.05) is 40.4 Å². The highest BCUT2D eigenvalue weighted by Crippen LogP contribution is 2.41. The summed E-state index contributed by atoms with van der Waals surface area (Å²) >= 11 is 5.97. The second-order valence-electron chi connectivity index (χ2n) is 5.62. The van der Waals surface area contributed by atoms with Crippen LogP contribution in [-0.2, 0) is 4.74 Å². The van der Waals surface area contributed by atoms with Crippen LogP contribution in [0.4, 0.5) is 0 Å². The molecule has 0 amide bonds. The van der Waals surface area contributed by atoms with Gasteiger partial charge in [0.1, 0.15) is 0 Å². The Morgan fingerprint density at radius 1 is 1.30 bits per heavy atom. The van der Waals surface area contributed by atoms with Crippen LogP contribution < -0.4 is 5.32 Å². The summed E-state index contributed by atoms with van der Waals surface area (Å²) in [5.41, 5.74) is 1.36. The first kappa shape index (κ1) is 15.8. The van der Waals surface area contributed by atoms with Gasteiger partial charge in [0.05, 0.1) is 6.61 Å². The molecule has 1 aromatic rings. The molecule has 0 aromatic heterocycles. The molecule has 0 heterocycles. The third-order valence-electron chi connectivity index (χ3n) is 3.86. The molecule has 1 saturated carbocycles. The molecule has 0 saturated heterocycles. The van der Waals surface area contributed by atoms with Crippen LogP contribution in [-0.4, -0.2) is 45.3 Å². The molecule has 0 radical (unpaired) electrons. The van der Waals surface area contributed by atoms with Crippen molar-refractivity contribution >= 4 is 11.6 Å². The maximum Gasteiger partial charge on any atom is 0.0589 e. The van der Waals surface area contributed by atoms with E-state index in [9.17, 15) is 0 Å². The average Bonchev–Trinajstić information content (AvgIpc) is 3.27. The average molecular weight is 297 g/mol. The van der Waals surface area contributed by atoms with Gasteiger partial charge in [-0.1, -0.05) is 23.7 Å². The lowest BCUT2D eigenvalue weighted by atomic mass is 10.0. The Morgan fingerprint density at radius 3 is 2.60 bits per heavy atom. The first-order chi connectivity index (χ1) is 9.70. The Morgan fingerprint density at radius 2 is 2.00 bits per heavy atom. The molecule has 20 heavy (non-hydrogen) atoms. The fraction of sp³-hybridized carbons (Fsp3) is 0.625. The lowest BCUT2D eigenvalue weighted by Gasteiger charge is -2.22. The van der Waals surface area contributed by atoms with Crippen molar-refractivity contribution < 1.29 is 4.74 Å². The van der Waals surface area contributed by atoms with E-state index in [1.165, 1.54) is 18.4 Å². The van der Waals surface area contributed by atoms with Crippen LogP contribution in [0.5, 0.6) is 0 Å². The van der Waals surface area contributed by atoms with Crippen LogP contribution in [0.15, 0.2) is 24.3 Å². The van der Waals surface area contributed by atoms with Gasteiger partial charge >= 0.3 is 0 Å². The number of rotatable bonds is 9. The molecule has 1 aliphatic rings. The van der Waals surface area contributed by atoms with Gasteiger partial charge in [-0.15, -0.1) is 0 Å². The molecular weight excluding hydrogens is 272 g/mol. The molecule has 1 atom stereocenters. The van der Waals surface area contributed by atoms with E-state index in [0.717, 1.165) is 37.2 Å². The predicted octanol–water partition coefficient (Wildman–Crippen LogP) is 2.96. The molecule has 3 nitrogen and oxygen atoms in total. The second-order valence-corrected chi connectivity index (χ2v) is 6.05. The zero-order valence-electron chi connectivity index (χ0n) is 12.4. The number of methoxy groups -OCH3 is 1. The van der Waals surface area contributed by atoms with E-state index in [4.69, 9.17) is 16.3 Å². The van der Waals surface area contributed by atoms with Crippen LogP contribution in [0.3, 0.4) is 0 Å². The standard InChI is InChI=1S/C16H25ClN2O/c1-19(11-12-20-2)10-9-18-16(13-3-4-13)14-5-7-15(17)8-6-14/h5-8,13,16,18H,3-4,9-12H2,1-2H3. The minimum absolute atomic E-state index is 0.475. The Bertz CT molecular complexity index is 392. The molecule has 0 bridgehead atoms. The number of hydrogen-bond donors (Lipinski definition) is 1. The Balaban J connectivity index is 1.80. The summed E-state index contributed by atoms with van der Waals surface area (Å²) in [6.07, 6.45) is 2.67. The Kier molecular flexibility index (Phi) is 6.30. The number of nitrogens with one attached hydrogen (secondary N) is 1. The molecule has 4 heteroatoms. The number of halogens is 1. The van der Waals surface area contributed by atoms with E-state index < -0.39 is 0 Å². The number of benzene rings is 1. The summed E-state index contributed by atoms with van der Waals surface area (Å²) in [7, 11) is 3.88. The van der Waals surface area contributed by atoms with Gasteiger partial charge in [-0.25, -0.2) is 0 Å². The highest BCUT2D eigenvalue weighted by molar-refractivity contribution is 6.30. The fourth-order valence-corrected chi connectivity index (χ4v) is 2.55. The smallest absolute Gasteiger partial charge is 0.0589 e. The first-order valence-electron chi connectivity index (χ1n) is 7.37. The van der Waals surface area contributed by atoms with E-state index in [2.05, 4.69) is 29.4 Å². The van der Waals surface area contributed by atoms with Crippen LogP contribution in [0.25, 0.3) is 0 Å². The second kappa shape index (κ2) is 7.99. The SMILES string of the molecule is COCCN(C)CCNC(c1ccc(Cl)cc1)C1CC1. The minimum Gasteiger partial charge on any atom is -0.383 e. The van der Waals surface area contributed by atoms with E-state index in [1.54, 1.807) is 7.11 Å². The lowest BCUT2D eigenvalue weighted by molar-refractivity contribution is 0.161. The zero-order chi connectivity index (χ0) is 14.4. The van der Waals surface area contributed by atoms with Crippen LogP contribution in [0, 0.1) is 5.92 Å². The van der Waals surface area contributed by atoms with Crippen LogP contribution in [0.2, 0.25) is 5.02 Å². The van der Waals surface area contributed by atoms with Gasteiger partial charge in [-0.2, -0.15) is 0 Å². The van der Waals surface area contributed by atoms with Gasteiger partial charge in [-0.3, -0.25) is 0 Å². The van der Waals surface area contributed by atoms with Gasteiger partial charge in [-0.05, 0) is 43.5 Å². The molecule has 0 spiro atoms. The minimum atomic E-state index is 0.475. The van der Waals surface area contributed by atoms with E-state index in [1.807, 2.05) is 12.1 Å². The molecule has 1 aromatic carbocycles. The Labute approximate surface area is 127 Å². The molecule has 1 unspecified atom stereocenters. The Hall–Kier alpha value is -0.610. The van der Waals surface area contributed by atoms with Crippen LogP contribution >= 0.6 is 11.6 Å². The van der Waals surface area contributed by atoms with Crippen molar-refractivity contribution in [2.45, 2.75) is 18.9 Å². The van der Waals surface area contributed by atoms with Gasteiger partial charge in [0.2, 0.25) is 0 Å². The number of hydrogen-bond acceptors (Lipinski definition) is 3. The normalized spacial score (nSPS) is 16.6. The summed E-state index contributed by atoms with van der Waals surface area (Å²) in [5, 5.41) is 4.51. The zero-order valence-corrected chi connectivity index (χ0v) is 13.2. The number of nitrogens with zero attached hydrogens (tertiary/aromatic N) is 1. The van der Waals surface area contributed by atoms with Gasteiger partial charge in [0.25, 0.3) is 0 Å². The largest absolute Gasteiger partial charge is 0.383 e. The molecule has 0 aliphatic heterocycles. The summed E-state index contributed by atoms with van der Waals surface area (Å²) in [4.78, 5) is 2.29. The predicted molar refractivity (Wildman–Crippen MR) is 84.3 cm³/mol. The highest BCUT2D eigenvalue weighted by atomic mass is 35.5. The summed E-state index contributed by atoms with van der Waals surface area (Å²) in [5.74, 6) is 0.792. The van der Waals surface area contributed by atoms with E-state index >= 15 is 0 Å². The van der Waals surface area contributed by atoms with Gasteiger partial charge in [0.15, 0.2) is 0 Å². The topological polar surface area (TPSA) is 24.5 Å². The van der Waals surface area contributed by atoms with Crippen molar-refractivity contribution in [1.82, 2.24) is 10.2 Å². The van der Waals surface area contributed by atoms with E-state index in [-0.39, 0.29) is 0 Å². The summed E-state index contributed by atoms with van der Waals surface area (Å²) in [6.45, 7) is 3.82. The highest BCUT2D eigenvalue weighted by Gasteiger charge is 2.31. The first-order valence-corrected chi connectivity index (χ1v) is 7.75. The van der Waals surface area contributed by atoms with E-state index in [0.29, 0.717) is 6.04 Å². The van der Waals surface area contributed by atoms with Crippen molar-refractivity contribution in [3.63, 3.8) is 0 Å². The van der Waals surface area contributed by atoms with Crippen LogP contribution in [0.1, 0.15) is 24.4 Å². The molecule has 112 valence electrons. The maximum absolute atomic E-state index is 5.97. The molecule has 1 fully saturated rings. The third kappa shape index (κ3) is 5.06. The quantitative estimate of drug-likeness (QED) is 0.758. The van der Waals surface area contributed by atoms with Gasteiger partial charge in [0, 0.05) is 37.8 Å². The van der Waals surface area contributed by atoms with Crippen molar-refractivity contribution in [3.05, 3.63) is 34.9 Å². The molecule has 1 aliphatic carbocycles. The monoisotopic (exact) mass is 296 g/mol. The molecular formula is C16H25ClN2O. The molecule has 1 N–H and O–H groups in total. The molecule has 2 rings (SSSR count). The fourth-order valence-electron chi connectivity index (χ4n) is 2.43. The summed E-state index contributed by atoms with van der Waals surface area (Å²) < 4.78 is 5.09. The van der Waals surface area contributed by atoms with Gasteiger partial charge < -0.3 is 15.0 Å².